The summed E-state index contributed by atoms with van der Waals surface area (Å²) in [6, 6.07) is 7.13. The van der Waals surface area contributed by atoms with E-state index in [9.17, 15) is 9.90 Å². The van der Waals surface area contributed by atoms with E-state index in [0.717, 1.165) is 5.69 Å². The maximum absolute atomic E-state index is 12.3. The predicted octanol–water partition coefficient (Wildman–Crippen LogP) is -0.0759. The van der Waals surface area contributed by atoms with E-state index >= 15 is 0 Å². The second kappa shape index (κ2) is 7.23. The van der Waals surface area contributed by atoms with Crippen LogP contribution in [0.3, 0.4) is 0 Å². The Kier molecular flexibility index (Phi) is 5.34. The smallest absolute Gasteiger partial charge is 0.254 e. The third kappa shape index (κ3) is 3.93. The van der Waals surface area contributed by atoms with Crippen LogP contribution in [0.2, 0.25) is 0 Å². The van der Waals surface area contributed by atoms with E-state index in [1.54, 1.807) is 23.1 Å². The molecule has 110 valence electrons. The van der Waals surface area contributed by atoms with Gasteiger partial charge in [0, 0.05) is 30.9 Å². The number of anilines is 1. The first-order valence-corrected chi connectivity index (χ1v) is 6.70. The largest absolute Gasteiger partial charge is 0.394 e. The van der Waals surface area contributed by atoms with Crippen LogP contribution in [0.15, 0.2) is 24.3 Å². The molecule has 1 aliphatic heterocycles. The van der Waals surface area contributed by atoms with Crippen molar-refractivity contribution in [2.75, 3.05) is 44.8 Å². The fourth-order valence-electron chi connectivity index (χ4n) is 2.01. The lowest BCUT2D eigenvalue weighted by Crippen LogP contribution is -2.40. The highest BCUT2D eigenvalue weighted by molar-refractivity contribution is 5.95. The first-order valence-electron chi connectivity index (χ1n) is 6.70. The van der Waals surface area contributed by atoms with E-state index in [4.69, 9.17) is 9.84 Å². The molecule has 2 rings (SSSR count). The number of morpholine rings is 1. The molecule has 0 spiro atoms. The van der Waals surface area contributed by atoms with Gasteiger partial charge in [0.25, 0.3) is 5.91 Å². The van der Waals surface area contributed by atoms with E-state index in [1.807, 2.05) is 6.07 Å². The van der Waals surface area contributed by atoms with Crippen LogP contribution < -0.4 is 5.32 Å². The van der Waals surface area contributed by atoms with E-state index in [0.29, 0.717) is 31.9 Å². The number of amides is 1. The van der Waals surface area contributed by atoms with Crippen LogP contribution in [-0.4, -0.2) is 66.6 Å². The molecule has 1 aromatic carbocycles. The second-order valence-electron chi connectivity index (χ2n) is 4.70. The van der Waals surface area contributed by atoms with Gasteiger partial charge in [-0.05, 0) is 18.2 Å². The Morgan fingerprint density at radius 2 is 2.15 bits per heavy atom. The molecule has 1 saturated heterocycles. The van der Waals surface area contributed by atoms with Crippen molar-refractivity contribution in [3.8, 4) is 0 Å². The number of nitrogens with zero attached hydrogens (tertiary/aromatic N) is 1. The third-order valence-electron chi connectivity index (χ3n) is 3.16. The zero-order valence-electron chi connectivity index (χ0n) is 11.3. The van der Waals surface area contributed by atoms with Gasteiger partial charge >= 0.3 is 0 Å². The molecule has 3 N–H and O–H groups in total. The van der Waals surface area contributed by atoms with Crippen molar-refractivity contribution in [1.82, 2.24) is 4.90 Å². The fraction of sp³-hybridized carbons (Fsp3) is 0.500. The summed E-state index contributed by atoms with van der Waals surface area (Å²) in [6.45, 7) is 2.32. The quantitative estimate of drug-likeness (QED) is 0.703. The summed E-state index contributed by atoms with van der Waals surface area (Å²) in [5, 5.41) is 21.1. The summed E-state index contributed by atoms with van der Waals surface area (Å²) in [6.07, 6.45) is -0.811. The summed E-state index contributed by atoms with van der Waals surface area (Å²) in [7, 11) is 0. The Hall–Kier alpha value is -1.63. The predicted molar refractivity (Wildman–Crippen MR) is 74.7 cm³/mol. The minimum Gasteiger partial charge on any atom is -0.394 e. The molecular formula is C14H20N2O4. The molecule has 0 saturated carbocycles. The molecule has 1 atom stereocenters. The number of ether oxygens (including phenoxy) is 1. The molecular weight excluding hydrogens is 260 g/mol. The summed E-state index contributed by atoms with van der Waals surface area (Å²) < 4.78 is 5.23. The van der Waals surface area contributed by atoms with Crippen molar-refractivity contribution in [3.05, 3.63) is 29.8 Å². The SMILES string of the molecule is O=C(c1cccc(NCC(O)CO)c1)N1CCOCC1. The van der Waals surface area contributed by atoms with Crippen LogP contribution in [-0.2, 0) is 4.74 Å². The van der Waals surface area contributed by atoms with Gasteiger partial charge in [-0.2, -0.15) is 0 Å². The Balaban J connectivity index is 1.99. The van der Waals surface area contributed by atoms with Crippen LogP contribution in [0.1, 0.15) is 10.4 Å². The van der Waals surface area contributed by atoms with Crippen LogP contribution in [0, 0.1) is 0 Å². The van der Waals surface area contributed by atoms with E-state index in [2.05, 4.69) is 5.32 Å². The average Bonchev–Trinajstić information content (AvgIpc) is 2.53. The lowest BCUT2D eigenvalue weighted by atomic mass is 10.1. The van der Waals surface area contributed by atoms with Crippen molar-refractivity contribution >= 4 is 11.6 Å². The number of carbonyl (C=O) groups is 1. The van der Waals surface area contributed by atoms with Gasteiger partial charge in [-0.25, -0.2) is 0 Å². The number of aliphatic hydroxyl groups is 2. The van der Waals surface area contributed by atoms with Crippen molar-refractivity contribution in [3.63, 3.8) is 0 Å². The number of aliphatic hydroxyl groups excluding tert-OH is 2. The van der Waals surface area contributed by atoms with Crippen LogP contribution in [0.25, 0.3) is 0 Å². The van der Waals surface area contributed by atoms with Gasteiger partial charge in [0.2, 0.25) is 0 Å². The van der Waals surface area contributed by atoms with Crippen molar-refractivity contribution < 1.29 is 19.7 Å². The molecule has 1 aromatic rings. The first kappa shape index (κ1) is 14.8. The summed E-state index contributed by atoms with van der Waals surface area (Å²) >= 11 is 0. The van der Waals surface area contributed by atoms with Crippen molar-refractivity contribution in [2.45, 2.75) is 6.10 Å². The summed E-state index contributed by atoms with van der Waals surface area (Å²) in [4.78, 5) is 14.1. The summed E-state index contributed by atoms with van der Waals surface area (Å²) in [5.41, 5.74) is 1.35. The molecule has 1 amide bonds. The Labute approximate surface area is 118 Å². The molecule has 1 heterocycles. The van der Waals surface area contributed by atoms with Gasteiger partial charge in [0.05, 0.1) is 25.9 Å². The van der Waals surface area contributed by atoms with Gasteiger partial charge in [0.1, 0.15) is 0 Å². The summed E-state index contributed by atoms with van der Waals surface area (Å²) in [5.74, 6) is -0.0142. The minimum atomic E-state index is -0.811. The fourth-order valence-corrected chi connectivity index (χ4v) is 2.01. The Morgan fingerprint density at radius 3 is 2.85 bits per heavy atom. The van der Waals surface area contributed by atoms with Crippen LogP contribution in [0.5, 0.6) is 0 Å². The highest BCUT2D eigenvalue weighted by Gasteiger charge is 2.18. The number of hydrogen-bond donors (Lipinski definition) is 3. The molecule has 0 aromatic heterocycles. The molecule has 6 nitrogen and oxygen atoms in total. The zero-order valence-corrected chi connectivity index (χ0v) is 11.3. The highest BCUT2D eigenvalue weighted by atomic mass is 16.5. The van der Waals surface area contributed by atoms with Crippen molar-refractivity contribution in [2.24, 2.45) is 0 Å². The number of nitrogens with one attached hydrogen (secondary N) is 1. The maximum Gasteiger partial charge on any atom is 0.254 e. The van der Waals surface area contributed by atoms with Crippen molar-refractivity contribution in [1.29, 1.82) is 0 Å². The van der Waals surface area contributed by atoms with Gasteiger partial charge in [-0.15, -0.1) is 0 Å². The first-order chi connectivity index (χ1) is 9.70. The number of carbonyl (C=O) groups excluding carboxylic acids is 1. The van der Waals surface area contributed by atoms with Gasteiger partial charge in [0.15, 0.2) is 0 Å². The third-order valence-corrected chi connectivity index (χ3v) is 3.16. The molecule has 6 heteroatoms. The molecule has 0 bridgehead atoms. The van der Waals surface area contributed by atoms with Gasteiger partial charge in [-0.1, -0.05) is 6.07 Å². The van der Waals surface area contributed by atoms with Crippen LogP contribution in [0.4, 0.5) is 5.69 Å². The standard InChI is InChI=1S/C14H20N2O4/c17-10-13(18)9-15-12-3-1-2-11(8-12)14(19)16-4-6-20-7-5-16/h1-3,8,13,15,17-18H,4-7,9-10H2. The van der Waals surface area contributed by atoms with E-state index in [-0.39, 0.29) is 19.1 Å². The second-order valence-corrected chi connectivity index (χ2v) is 4.70. The minimum absolute atomic E-state index is 0.0142. The van der Waals surface area contributed by atoms with Gasteiger partial charge in [-0.3, -0.25) is 4.79 Å². The molecule has 0 radical (unpaired) electrons. The number of benzene rings is 1. The Bertz CT molecular complexity index is 447. The molecule has 20 heavy (non-hydrogen) atoms. The number of rotatable bonds is 5. The Morgan fingerprint density at radius 1 is 1.40 bits per heavy atom. The van der Waals surface area contributed by atoms with E-state index < -0.39 is 6.10 Å². The molecule has 0 aliphatic carbocycles. The monoisotopic (exact) mass is 280 g/mol. The molecule has 1 unspecified atom stereocenters. The van der Waals surface area contributed by atoms with Crippen LogP contribution >= 0.6 is 0 Å². The maximum atomic E-state index is 12.3. The topological polar surface area (TPSA) is 82.0 Å². The van der Waals surface area contributed by atoms with Gasteiger partial charge < -0.3 is 25.2 Å². The van der Waals surface area contributed by atoms with E-state index in [1.165, 1.54) is 0 Å². The average molecular weight is 280 g/mol. The molecule has 1 aliphatic rings. The lowest BCUT2D eigenvalue weighted by molar-refractivity contribution is 0.0303. The number of hydrogen-bond acceptors (Lipinski definition) is 5. The highest BCUT2D eigenvalue weighted by Crippen LogP contribution is 2.13. The zero-order chi connectivity index (χ0) is 14.4. The normalized spacial score (nSPS) is 16.8. The molecule has 1 fully saturated rings. The lowest BCUT2D eigenvalue weighted by Gasteiger charge is -2.27.